The summed E-state index contributed by atoms with van der Waals surface area (Å²) < 4.78 is 50.7. The molecule has 2 aliphatic rings. The largest absolute Gasteiger partial charge is 0.463 e. The number of carbonyl (C=O) groups is 6. The van der Waals surface area contributed by atoms with E-state index in [-0.39, 0.29) is 12.4 Å². The Morgan fingerprint density at radius 2 is 1.33 bits per heavy atom. The molecule has 0 aliphatic carbocycles. The van der Waals surface area contributed by atoms with Gasteiger partial charge in [0.25, 0.3) is 6.29 Å². The number of unbranched alkanes of at least 4 members (excludes halogenated alkanes) is 5. The summed E-state index contributed by atoms with van der Waals surface area (Å²) >= 11 is 0. The first kappa shape index (κ1) is 41.4. The lowest BCUT2D eigenvalue weighted by atomic mass is 9.94. The van der Waals surface area contributed by atoms with Crippen LogP contribution < -0.4 is 5.32 Å². The van der Waals surface area contributed by atoms with Crippen molar-refractivity contribution >= 4 is 35.8 Å². The standard InChI is InChI=1S/C32H49NO16/c1-9-10-11-12-13-14-15-41-31-32(40,33-18(3)34)29(25(17(2)43-31)44-20(5)36)49-30-28(47-23(8)39)27(46-22(7)38)26(45-21(6)37)24(48-30)16-42-19(4)35/h24-31,40H,2,9-16H2,1,3-8H3,(H,33,34)/t24-,25-,26+,27+,28-,29+,30+,31-,32-/m1/s1. The van der Waals surface area contributed by atoms with Crippen LogP contribution >= 0.6 is 0 Å². The molecular formula is C32H49NO16. The SMILES string of the molecule is C=C1O[C@@H](OCCCCCCCC)[C@@](O)(NC(C)=O)[C@@H](O[C@@H]2O[C@H](COC(C)=O)[C@H](OC(C)=O)[C@H](OC(C)=O)[C@H]2OC(C)=O)[C@@H]1OC(C)=O. The van der Waals surface area contributed by atoms with Crippen LogP contribution in [0.5, 0.6) is 0 Å². The summed E-state index contributed by atoms with van der Waals surface area (Å²) in [5.74, 6) is -5.26. The van der Waals surface area contributed by atoms with Crippen LogP contribution in [-0.2, 0) is 71.4 Å². The van der Waals surface area contributed by atoms with Gasteiger partial charge in [-0.2, -0.15) is 0 Å². The molecule has 0 aromatic carbocycles. The molecule has 2 saturated heterocycles. The van der Waals surface area contributed by atoms with Crippen LogP contribution in [0.2, 0.25) is 0 Å². The molecule has 0 unspecified atom stereocenters. The molecule has 2 aliphatic heterocycles. The van der Waals surface area contributed by atoms with E-state index in [1.54, 1.807) is 0 Å². The predicted molar refractivity (Wildman–Crippen MR) is 164 cm³/mol. The topological polar surface area (TPSA) is 218 Å². The molecule has 2 N–H and O–H groups in total. The van der Waals surface area contributed by atoms with Crippen LogP contribution in [0.4, 0.5) is 0 Å². The number of nitrogens with one attached hydrogen (secondary N) is 1. The van der Waals surface area contributed by atoms with Crippen molar-refractivity contribution in [1.82, 2.24) is 5.32 Å². The number of esters is 5. The Morgan fingerprint density at radius 1 is 0.776 bits per heavy atom. The highest BCUT2D eigenvalue weighted by Gasteiger charge is 2.61. The Bertz CT molecular complexity index is 1190. The van der Waals surface area contributed by atoms with Crippen molar-refractivity contribution in [1.29, 1.82) is 0 Å². The molecule has 49 heavy (non-hydrogen) atoms. The molecule has 2 rings (SSSR count). The van der Waals surface area contributed by atoms with E-state index in [0.717, 1.165) is 73.6 Å². The highest BCUT2D eigenvalue weighted by atomic mass is 16.8. The van der Waals surface area contributed by atoms with Gasteiger partial charge in [-0.1, -0.05) is 45.6 Å². The Balaban J connectivity index is 2.62. The average molecular weight is 704 g/mol. The number of hydrogen-bond donors (Lipinski definition) is 2. The Kier molecular flexibility index (Phi) is 16.4. The van der Waals surface area contributed by atoms with E-state index >= 15 is 0 Å². The first-order valence-corrected chi connectivity index (χ1v) is 16.1. The maximum absolute atomic E-state index is 12.5. The second-order valence-electron chi connectivity index (χ2n) is 11.7. The fraction of sp³-hybridized carbons (Fsp3) is 0.750. The van der Waals surface area contributed by atoms with Crippen molar-refractivity contribution in [2.75, 3.05) is 13.2 Å². The number of rotatable bonds is 17. The average Bonchev–Trinajstić information content (AvgIpc) is 2.97. The van der Waals surface area contributed by atoms with Gasteiger partial charge in [0, 0.05) is 41.5 Å². The van der Waals surface area contributed by atoms with Gasteiger partial charge in [0.1, 0.15) is 18.5 Å². The predicted octanol–water partition coefficient (Wildman–Crippen LogP) is 1.46. The van der Waals surface area contributed by atoms with Crippen molar-refractivity contribution in [3.05, 3.63) is 12.3 Å². The van der Waals surface area contributed by atoms with Gasteiger partial charge in [-0.25, -0.2) is 0 Å². The van der Waals surface area contributed by atoms with Gasteiger partial charge >= 0.3 is 29.8 Å². The van der Waals surface area contributed by atoms with E-state index in [0.29, 0.717) is 6.42 Å². The lowest BCUT2D eigenvalue weighted by Gasteiger charge is -2.50. The van der Waals surface area contributed by atoms with E-state index < -0.39 is 97.3 Å². The van der Waals surface area contributed by atoms with Gasteiger partial charge in [-0.15, -0.1) is 0 Å². The van der Waals surface area contributed by atoms with Crippen LogP contribution in [0.1, 0.15) is 87.0 Å². The monoisotopic (exact) mass is 703 g/mol. The molecule has 1 amide bonds. The third kappa shape index (κ3) is 12.5. The molecule has 2 heterocycles. The van der Waals surface area contributed by atoms with Crippen LogP contribution in [0.3, 0.4) is 0 Å². The molecular weight excluding hydrogens is 654 g/mol. The molecule has 0 saturated carbocycles. The minimum atomic E-state index is -2.62. The minimum absolute atomic E-state index is 0.0793. The zero-order chi connectivity index (χ0) is 36.9. The Morgan fingerprint density at radius 3 is 1.88 bits per heavy atom. The van der Waals surface area contributed by atoms with Gasteiger partial charge in [-0.05, 0) is 6.42 Å². The highest BCUT2D eigenvalue weighted by molar-refractivity contribution is 5.74. The summed E-state index contributed by atoms with van der Waals surface area (Å²) in [7, 11) is 0. The van der Waals surface area contributed by atoms with Crippen LogP contribution in [0.25, 0.3) is 0 Å². The molecule has 0 radical (unpaired) electrons. The maximum Gasteiger partial charge on any atom is 0.303 e. The molecule has 2 fully saturated rings. The molecule has 17 nitrogen and oxygen atoms in total. The molecule has 0 aromatic heterocycles. The number of amides is 1. The molecule has 278 valence electrons. The van der Waals surface area contributed by atoms with Crippen molar-refractivity contribution in [2.45, 2.75) is 142 Å². The van der Waals surface area contributed by atoms with Crippen molar-refractivity contribution in [3.63, 3.8) is 0 Å². The van der Waals surface area contributed by atoms with Crippen molar-refractivity contribution in [3.8, 4) is 0 Å². The third-order valence-corrected chi connectivity index (χ3v) is 7.31. The van der Waals surface area contributed by atoms with Crippen LogP contribution in [0.15, 0.2) is 12.3 Å². The summed E-state index contributed by atoms with van der Waals surface area (Å²) in [6, 6.07) is 0. The number of ether oxygens (including phenoxy) is 9. The molecule has 9 atom stereocenters. The maximum atomic E-state index is 12.5. The first-order chi connectivity index (χ1) is 23.0. The van der Waals surface area contributed by atoms with E-state index in [4.69, 9.17) is 42.6 Å². The van der Waals surface area contributed by atoms with E-state index in [1.807, 2.05) is 0 Å². The summed E-state index contributed by atoms with van der Waals surface area (Å²) in [5.41, 5.74) is -2.62. The van der Waals surface area contributed by atoms with Crippen LogP contribution in [0, 0.1) is 0 Å². The zero-order valence-electron chi connectivity index (χ0n) is 29.1. The highest BCUT2D eigenvalue weighted by Crippen LogP contribution is 2.38. The number of aliphatic hydroxyl groups is 1. The quantitative estimate of drug-likeness (QED) is 0.0948. The third-order valence-electron chi connectivity index (χ3n) is 7.31. The lowest BCUT2D eigenvalue weighted by Crippen LogP contribution is -2.73. The van der Waals surface area contributed by atoms with Crippen LogP contribution in [-0.4, -0.2) is 109 Å². The number of carbonyl (C=O) groups excluding carboxylic acids is 6. The second-order valence-corrected chi connectivity index (χ2v) is 11.7. The molecule has 17 heteroatoms. The molecule has 0 aromatic rings. The van der Waals surface area contributed by atoms with Gasteiger partial charge in [0.05, 0.1) is 6.61 Å². The van der Waals surface area contributed by atoms with E-state index in [1.165, 1.54) is 0 Å². The Labute approximate surface area is 285 Å². The minimum Gasteiger partial charge on any atom is -0.463 e. The summed E-state index contributed by atoms with van der Waals surface area (Å²) in [4.78, 5) is 73.2. The fourth-order valence-electron chi connectivity index (χ4n) is 5.40. The lowest BCUT2D eigenvalue weighted by molar-refractivity contribution is -0.366. The summed E-state index contributed by atoms with van der Waals surface area (Å²) in [6.07, 6.45) is -7.67. The molecule has 0 spiro atoms. The summed E-state index contributed by atoms with van der Waals surface area (Å²) in [5, 5.41) is 14.5. The first-order valence-electron chi connectivity index (χ1n) is 16.1. The Hall–Kier alpha value is -3.80. The van der Waals surface area contributed by atoms with Gasteiger partial charge in [0.15, 0.2) is 36.8 Å². The number of hydrogen-bond acceptors (Lipinski definition) is 16. The van der Waals surface area contributed by atoms with Crippen molar-refractivity contribution < 1.29 is 76.5 Å². The van der Waals surface area contributed by atoms with Gasteiger partial charge in [0.2, 0.25) is 11.6 Å². The smallest absolute Gasteiger partial charge is 0.303 e. The normalized spacial score (nSPS) is 29.5. The summed E-state index contributed by atoms with van der Waals surface area (Å²) in [6.45, 7) is 11.8. The fourth-order valence-corrected chi connectivity index (χ4v) is 5.40. The zero-order valence-corrected chi connectivity index (χ0v) is 29.1. The van der Waals surface area contributed by atoms with Gasteiger partial charge < -0.3 is 53.1 Å². The van der Waals surface area contributed by atoms with Gasteiger partial charge in [-0.3, -0.25) is 28.8 Å². The second kappa shape index (κ2) is 19.4. The van der Waals surface area contributed by atoms with Crippen molar-refractivity contribution in [2.24, 2.45) is 0 Å². The van der Waals surface area contributed by atoms with E-state index in [9.17, 15) is 33.9 Å². The molecule has 0 bridgehead atoms. The van der Waals surface area contributed by atoms with E-state index in [2.05, 4.69) is 18.8 Å².